The zero-order valence-corrected chi connectivity index (χ0v) is 12.8. The quantitative estimate of drug-likeness (QED) is 0.670. The van der Waals surface area contributed by atoms with Crippen molar-refractivity contribution in [2.24, 2.45) is 5.92 Å². The number of carbonyl (C=O) groups is 1. The van der Waals surface area contributed by atoms with Gasteiger partial charge in [0, 0.05) is 10.2 Å². The molecule has 0 heterocycles. The van der Waals surface area contributed by atoms with Crippen LogP contribution in [0.1, 0.15) is 49.4 Å². The molecule has 1 fully saturated rings. The van der Waals surface area contributed by atoms with Crippen LogP contribution in [0.15, 0.2) is 22.7 Å². The zero-order chi connectivity index (χ0) is 13.8. The fourth-order valence-corrected chi connectivity index (χ4v) is 2.98. The molecule has 1 aromatic rings. The summed E-state index contributed by atoms with van der Waals surface area (Å²) >= 11 is 3.36. The van der Waals surface area contributed by atoms with E-state index < -0.39 is 0 Å². The van der Waals surface area contributed by atoms with E-state index in [0.29, 0.717) is 11.3 Å². The first-order chi connectivity index (χ1) is 9.10. The number of anilines is 1. The second-order valence-corrected chi connectivity index (χ2v) is 6.05. The maximum Gasteiger partial charge on any atom is 0.339 e. The van der Waals surface area contributed by atoms with Crippen LogP contribution in [-0.4, -0.2) is 12.1 Å². The van der Waals surface area contributed by atoms with Gasteiger partial charge in [-0.15, -0.1) is 0 Å². The predicted molar refractivity (Wildman–Crippen MR) is 80.0 cm³/mol. The third kappa shape index (κ3) is 3.72. The van der Waals surface area contributed by atoms with Gasteiger partial charge in [-0.05, 0) is 65.7 Å². The first kappa shape index (κ1) is 14.4. The molecule has 0 unspecified atom stereocenters. The van der Waals surface area contributed by atoms with Crippen LogP contribution in [0.2, 0.25) is 0 Å². The predicted octanol–water partition coefficient (Wildman–Crippen LogP) is 4.16. The number of carbonyl (C=O) groups excluding carboxylic acids is 1. The first-order valence-corrected chi connectivity index (χ1v) is 7.65. The Morgan fingerprint density at radius 2 is 2.05 bits per heavy atom. The molecule has 4 heteroatoms. The smallest absolute Gasteiger partial charge is 0.339 e. The summed E-state index contributed by atoms with van der Waals surface area (Å²) < 4.78 is 6.31. The molecule has 1 aromatic carbocycles. The third-order valence-electron chi connectivity index (χ3n) is 3.86. The lowest BCUT2D eigenvalue weighted by Gasteiger charge is -2.27. The Labute approximate surface area is 122 Å². The molecule has 0 aliphatic heterocycles. The number of nitrogens with two attached hydrogens (primary N) is 1. The monoisotopic (exact) mass is 325 g/mol. The normalized spacial score (nSPS) is 23.1. The van der Waals surface area contributed by atoms with Crippen LogP contribution in [0.25, 0.3) is 0 Å². The van der Waals surface area contributed by atoms with Crippen LogP contribution in [0.3, 0.4) is 0 Å². The minimum atomic E-state index is -0.279. The minimum absolute atomic E-state index is 0.0589. The van der Waals surface area contributed by atoms with Crippen molar-refractivity contribution in [1.82, 2.24) is 0 Å². The van der Waals surface area contributed by atoms with Crippen LogP contribution in [0, 0.1) is 5.92 Å². The lowest BCUT2D eigenvalue weighted by Crippen LogP contribution is -2.24. The summed E-state index contributed by atoms with van der Waals surface area (Å²) in [5.74, 6) is 0.521. The Hall–Kier alpha value is -1.03. The highest BCUT2D eigenvalue weighted by Gasteiger charge is 2.24. The van der Waals surface area contributed by atoms with Gasteiger partial charge in [0.1, 0.15) is 6.10 Å². The van der Waals surface area contributed by atoms with Gasteiger partial charge in [0.05, 0.1) is 5.56 Å². The molecule has 0 amide bonds. The SMILES string of the molecule is CCC1CCC(OC(=O)c2cc(N)ccc2Br)CC1. The molecule has 19 heavy (non-hydrogen) atoms. The number of nitrogen functional groups attached to an aromatic ring is 1. The van der Waals surface area contributed by atoms with Gasteiger partial charge in [0.2, 0.25) is 0 Å². The van der Waals surface area contributed by atoms with E-state index in [1.165, 1.54) is 6.42 Å². The number of hydrogen-bond acceptors (Lipinski definition) is 3. The molecular weight excluding hydrogens is 306 g/mol. The van der Waals surface area contributed by atoms with E-state index >= 15 is 0 Å². The average molecular weight is 326 g/mol. The molecule has 2 N–H and O–H groups in total. The summed E-state index contributed by atoms with van der Waals surface area (Å²) in [6.07, 6.45) is 5.55. The maximum atomic E-state index is 12.1. The number of rotatable bonds is 3. The summed E-state index contributed by atoms with van der Waals surface area (Å²) in [7, 11) is 0. The molecule has 0 spiro atoms. The maximum absolute atomic E-state index is 12.1. The highest BCUT2D eigenvalue weighted by Crippen LogP contribution is 2.29. The molecule has 0 atom stereocenters. The largest absolute Gasteiger partial charge is 0.459 e. The average Bonchev–Trinajstić information content (AvgIpc) is 2.42. The van der Waals surface area contributed by atoms with Crippen molar-refractivity contribution in [3.63, 3.8) is 0 Å². The highest BCUT2D eigenvalue weighted by atomic mass is 79.9. The molecule has 1 saturated carbocycles. The van der Waals surface area contributed by atoms with Crippen LogP contribution >= 0.6 is 15.9 Å². The van der Waals surface area contributed by atoms with E-state index in [2.05, 4.69) is 22.9 Å². The van der Waals surface area contributed by atoms with Crippen molar-refractivity contribution in [2.45, 2.75) is 45.1 Å². The molecule has 2 rings (SSSR count). The molecule has 0 aromatic heterocycles. The van der Waals surface area contributed by atoms with Crippen LogP contribution in [0.5, 0.6) is 0 Å². The van der Waals surface area contributed by atoms with E-state index in [9.17, 15) is 4.79 Å². The van der Waals surface area contributed by atoms with Gasteiger partial charge in [-0.3, -0.25) is 0 Å². The lowest BCUT2D eigenvalue weighted by molar-refractivity contribution is 0.0163. The number of halogens is 1. The topological polar surface area (TPSA) is 52.3 Å². The highest BCUT2D eigenvalue weighted by molar-refractivity contribution is 9.10. The van der Waals surface area contributed by atoms with Crippen molar-refractivity contribution in [1.29, 1.82) is 0 Å². The number of benzene rings is 1. The lowest BCUT2D eigenvalue weighted by atomic mass is 9.86. The zero-order valence-electron chi connectivity index (χ0n) is 11.2. The molecule has 3 nitrogen and oxygen atoms in total. The van der Waals surface area contributed by atoms with Gasteiger partial charge >= 0.3 is 5.97 Å². The van der Waals surface area contributed by atoms with Crippen LogP contribution in [-0.2, 0) is 4.74 Å². The summed E-state index contributed by atoms with van der Waals surface area (Å²) in [6.45, 7) is 2.22. The summed E-state index contributed by atoms with van der Waals surface area (Å²) in [6, 6.07) is 5.19. The Kier molecular flexibility index (Phi) is 4.86. The van der Waals surface area contributed by atoms with Gasteiger partial charge < -0.3 is 10.5 Å². The Bertz CT molecular complexity index is 453. The molecule has 1 aliphatic rings. The van der Waals surface area contributed by atoms with Gasteiger partial charge in [0.15, 0.2) is 0 Å². The van der Waals surface area contributed by atoms with Crippen molar-refractivity contribution in [2.75, 3.05) is 5.73 Å². The van der Waals surface area contributed by atoms with Gasteiger partial charge in [-0.2, -0.15) is 0 Å². The van der Waals surface area contributed by atoms with Crippen LogP contribution in [0.4, 0.5) is 5.69 Å². The Morgan fingerprint density at radius 3 is 2.68 bits per heavy atom. The second-order valence-electron chi connectivity index (χ2n) is 5.20. The van der Waals surface area contributed by atoms with E-state index in [1.807, 2.05) is 0 Å². The molecule has 104 valence electrons. The standard InChI is InChI=1S/C15H20BrNO2/c1-2-10-3-6-12(7-4-10)19-15(18)13-9-11(17)5-8-14(13)16/h5,8-10,12H,2-4,6-7,17H2,1H3. The molecule has 0 bridgehead atoms. The number of hydrogen-bond donors (Lipinski definition) is 1. The van der Waals surface area contributed by atoms with Crippen LogP contribution < -0.4 is 5.73 Å². The molecule has 0 radical (unpaired) electrons. The van der Waals surface area contributed by atoms with Crippen molar-refractivity contribution in [3.05, 3.63) is 28.2 Å². The molecule has 1 aliphatic carbocycles. The number of ether oxygens (including phenoxy) is 1. The second kappa shape index (κ2) is 6.42. The van der Waals surface area contributed by atoms with E-state index in [1.54, 1.807) is 18.2 Å². The Balaban J connectivity index is 1.96. The minimum Gasteiger partial charge on any atom is -0.459 e. The van der Waals surface area contributed by atoms with E-state index in [0.717, 1.165) is 36.1 Å². The third-order valence-corrected chi connectivity index (χ3v) is 4.55. The number of esters is 1. The van der Waals surface area contributed by atoms with E-state index in [-0.39, 0.29) is 12.1 Å². The fraction of sp³-hybridized carbons (Fsp3) is 0.533. The Morgan fingerprint density at radius 1 is 1.37 bits per heavy atom. The molecular formula is C15H20BrNO2. The summed E-state index contributed by atoms with van der Waals surface area (Å²) in [5, 5.41) is 0. The van der Waals surface area contributed by atoms with Crippen molar-refractivity contribution < 1.29 is 9.53 Å². The first-order valence-electron chi connectivity index (χ1n) is 6.86. The van der Waals surface area contributed by atoms with Gasteiger partial charge in [0.25, 0.3) is 0 Å². The van der Waals surface area contributed by atoms with Gasteiger partial charge in [-0.25, -0.2) is 4.79 Å². The van der Waals surface area contributed by atoms with Gasteiger partial charge in [-0.1, -0.05) is 13.3 Å². The summed E-state index contributed by atoms with van der Waals surface area (Å²) in [4.78, 5) is 12.1. The molecule has 0 saturated heterocycles. The van der Waals surface area contributed by atoms with Crippen molar-refractivity contribution >= 4 is 27.6 Å². The summed E-state index contributed by atoms with van der Waals surface area (Å²) in [5.41, 5.74) is 6.79. The fourth-order valence-electron chi connectivity index (χ4n) is 2.57. The van der Waals surface area contributed by atoms with Crippen molar-refractivity contribution in [3.8, 4) is 0 Å². The van der Waals surface area contributed by atoms with E-state index in [4.69, 9.17) is 10.5 Å².